The van der Waals surface area contributed by atoms with E-state index in [9.17, 15) is 4.79 Å². The summed E-state index contributed by atoms with van der Waals surface area (Å²) >= 11 is 9.17. The molecule has 0 fully saturated rings. The van der Waals surface area contributed by atoms with Gasteiger partial charge in [-0.05, 0) is 42.5 Å². The van der Waals surface area contributed by atoms with Gasteiger partial charge in [0.05, 0.1) is 0 Å². The van der Waals surface area contributed by atoms with Gasteiger partial charge >= 0.3 is 0 Å². The minimum absolute atomic E-state index is 0.0236. The molecular formula is C15H14BrClN2O. The third-order valence-electron chi connectivity index (χ3n) is 2.63. The Morgan fingerprint density at radius 1 is 1.10 bits per heavy atom. The highest BCUT2D eigenvalue weighted by molar-refractivity contribution is 9.10. The van der Waals surface area contributed by atoms with E-state index in [2.05, 4.69) is 26.6 Å². The molecule has 2 aromatic carbocycles. The normalized spacial score (nSPS) is 10.1. The number of benzene rings is 2. The first-order valence-electron chi connectivity index (χ1n) is 6.18. The summed E-state index contributed by atoms with van der Waals surface area (Å²) in [5.41, 5.74) is 1.74. The van der Waals surface area contributed by atoms with E-state index in [1.54, 1.807) is 0 Å². The predicted octanol–water partition coefficient (Wildman–Crippen LogP) is 4.54. The fraction of sp³-hybridized carbons (Fsp3) is 0.133. The molecule has 0 spiro atoms. The van der Waals surface area contributed by atoms with Crippen molar-refractivity contribution in [3.05, 3.63) is 58.0 Å². The monoisotopic (exact) mass is 352 g/mol. The van der Waals surface area contributed by atoms with Crippen LogP contribution in [-0.2, 0) is 4.79 Å². The van der Waals surface area contributed by atoms with Crippen LogP contribution >= 0.6 is 27.5 Å². The molecule has 2 aromatic rings. The van der Waals surface area contributed by atoms with Crippen LogP contribution in [0.15, 0.2) is 53.0 Å². The van der Waals surface area contributed by atoms with Crippen LogP contribution in [0.4, 0.5) is 11.4 Å². The van der Waals surface area contributed by atoms with Gasteiger partial charge in [0.1, 0.15) is 0 Å². The molecule has 0 aliphatic rings. The van der Waals surface area contributed by atoms with E-state index in [0.29, 0.717) is 18.0 Å². The molecule has 0 heterocycles. The summed E-state index contributed by atoms with van der Waals surface area (Å²) in [7, 11) is 0. The molecule has 0 aliphatic heterocycles. The fourth-order valence-corrected chi connectivity index (χ4v) is 2.20. The fourth-order valence-electron chi connectivity index (χ4n) is 1.68. The summed E-state index contributed by atoms with van der Waals surface area (Å²) in [4.78, 5) is 11.8. The number of carbonyl (C=O) groups excluding carboxylic acids is 1. The summed E-state index contributed by atoms with van der Waals surface area (Å²) in [6, 6.07) is 14.9. The minimum atomic E-state index is -0.0236. The molecule has 0 saturated carbocycles. The summed E-state index contributed by atoms with van der Waals surface area (Å²) in [5, 5.41) is 6.72. The molecule has 2 N–H and O–H groups in total. The SMILES string of the molecule is O=C(CCNc1ccc(Cl)cc1)Nc1cccc(Br)c1. The van der Waals surface area contributed by atoms with Crippen LogP contribution in [-0.4, -0.2) is 12.5 Å². The first-order chi connectivity index (χ1) is 9.63. The van der Waals surface area contributed by atoms with Crippen molar-refractivity contribution >= 4 is 44.8 Å². The van der Waals surface area contributed by atoms with Crippen molar-refractivity contribution in [3.63, 3.8) is 0 Å². The van der Waals surface area contributed by atoms with Crippen molar-refractivity contribution in [1.29, 1.82) is 0 Å². The molecule has 0 radical (unpaired) electrons. The first kappa shape index (κ1) is 14.9. The van der Waals surface area contributed by atoms with Crippen LogP contribution in [0.1, 0.15) is 6.42 Å². The highest BCUT2D eigenvalue weighted by Crippen LogP contribution is 2.16. The van der Waals surface area contributed by atoms with Crippen molar-refractivity contribution in [1.82, 2.24) is 0 Å². The lowest BCUT2D eigenvalue weighted by molar-refractivity contribution is -0.115. The van der Waals surface area contributed by atoms with Gasteiger partial charge in [0, 0.05) is 33.8 Å². The van der Waals surface area contributed by atoms with E-state index in [4.69, 9.17) is 11.6 Å². The van der Waals surface area contributed by atoms with E-state index < -0.39 is 0 Å². The number of halogens is 2. The molecule has 20 heavy (non-hydrogen) atoms. The van der Waals surface area contributed by atoms with Crippen molar-refractivity contribution in [3.8, 4) is 0 Å². The molecular weight excluding hydrogens is 340 g/mol. The standard InChI is InChI=1S/C15H14BrClN2O/c16-11-2-1-3-14(10-11)19-15(20)8-9-18-13-6-4-12(17)5-7-13/h1-7,10,18H,8-9H2,(H,19,20). The summed E-state index contributed by atoms with van der Waals surface area (Å²) in [6.45, 7) is 0.571. The maximum Gasteiger partial charge on any atom is 0.226 e. The Hall–Kier alpha value is -1.52. The van der Waals surface area contributed by atoms with E-state index in [1.807, 2.05) is 48.5 Å². The van der Waals surface area contributed by atoms with Gasteiger partial charge < -0.3 is 10.6 Å². The van der Waals surface area contributed by atoms with Crippen LogP contribution in [0.5, 0.6) is 0 Å². The van der Waals surface area contributed by atoms with Gasteiger partial charge in [-0.15, -0.1) is 0 Å². The number of carbonyl (C=O) groups is 1. The Morgan fingerprint density at radius 2 is 1.85 bits per heavy atom. The minimum Gasteiger partial charge on any atom is -0.385 e. The average molecular weight is 354 g/mol. The summed E-state index contributed by atoms with van der Waals surface area (Å²) in [5.74, 6) is -0.0236. The van der Waals surface area contributed by atoms with Crippen LogP contribution < -0.4 is 10.6 Å². The van der Waals surface area contributed by atoms with Crippen molar-refractivity contribution in [2.75, 3.05) is 17.2 Å². The Morgan fingerprint density at radius 3 is 2.55 bits per heavy atom. The second-order valence-corrected chi connectivity index (χ2v) is 5.59. The van der Waals surface area contributed by atoms with Crippen LogP contribution in [0.3, 0.4) is 0 Å². The average Bonchev–Trinajstić information content (AvgIpc) is 2.41. The van der Waals surface area contributed by atoms with Crippen LogP contribution in [0, 0.1) is 0 Å². The molecule has 5 heteroatoms. The molecule has 1 amide bonds. The summed E-state index contributed by atoms with van der Waals surface area (Å²) in [6.07, 6.45) is 0.398. The summed E-state index contributed by atoms with van der Waals surface area (Å²) < 4.78 is 0.939. The Kier molecular flexibility index (Phi) is 5.44. The molecule has 0 aromatic heterocycles. The predicted molar refractivity (Wildman–Crippen MR) is 87.3 cm³/mol. The lowest BCUT2D eigenvalue weighted by Crippen LogP contribution is -2.16. The number of amides is 1. The zero-order valence-electron chi connectivity index (χ0n) is 10.7. The first-order valence-corrected chi connectivity index (χ1v) is 7.35. The highest BCUT2D eigenvalue weighted by atomic mass is 79.9. The van der Waals surface area contributed by atoms with Gasteiger partial charge in [0.25, 0.3) is 0 Å². The maximum absolute atomic E-state index is 11.8. The van der Waals surface area contributed by atoms with E-state index >= 15 is 0 Å². The van der Waals surface area contributed by atoms with Crippen LogP contribution in [0.2, 0.25) is 5.02 Å². The van der Waals surface area contributed by atoms with Gasteiger partial charge in [-0.2, -0.15) is 0 Å². The maximum atomic E-state index is 11.8. The third kappa shape index (κ3) is 4.87. The Labute approximate surface area is 131 Å². The number of nitrogens with one attached hydrogen (secondary N) is 2. The number of hydrogen-bond acceptors (Lipinski definition) is 2. The van der Waals surface area contributed by atoms with Gasteiger partial charge in [-0.25, -0.2) is 0 Å². The van der Waals surface area contributed by atoms with Gasteiger partial charge in [0.2, 0.25) is 5.91 Å². The van der Waals surface area contributed by atoms with Crippen LogP contribution in [0.25, 0.3) is 0 Å². The third-order valence-corrected chi connectivity index (χ3v) is 3.38. The number of rotatable bonds is 5. The second-order valence-electron chi connectivity index (χ2n) is 4.24. The molecule has 0 atom stereocenters. The largest absolute Gasteiger partial charge is 0.385 e. The Balaban J connectivity index is 1.76. The highest BCUT2D eigenvalue weighted by Gasteiger charge is 2.02. The molecule has 2 rings (SSSR count). The van der Waals surface area contributed by atoms with E-state index in [0.717, 1.165) is 15.8 Å². The van der Waals surface area contributed by atoms with Gasteiger partial charge in [-0.3, -0.25) is 4.79 Å². The Bertz CT molecular complexity index is 587. The topological polar surface area (TPSA) is 41.1 Å². The molecule has 0 saturated heterocycles. The van der Waals surface area contributed by atoms with Gasteiger partial charge in [0.15, 0.2) is 0 Å². The second kappa shape index (κ2) is 7.31. The van der Waals surface area contributed by atoms with Crippen molar-refractivity contribution in [2.45, 2.75) is 6.42 Å². The van der Waals surface area contributed by atoms with Crippen molar-refractivity contribution < 1.29 is 4.79 Å². The quantitative estimate of drug-likeness (QED) is 0.828. The van der Waals surface area contributed by atoms with E-state index in [1.165, 1.54) is 0 Å². The lowest BCUT2D eigenvalue weighted by atomic mass is 10.3. The molecule has 0 aliphatic carbocycles. The zero-order chi connectivity index (χ0) is 14.4. The lowest BCUT2D eigenvalue weighted by Gasteiger charge is -2.08. The molecule has 0 unspecified atom stereocenters. The zero-order valence-corrected chi connectivity index (χ0v) is 13.0. The molecule has 3 nitrogen and oxygen atoms in total. The number of hydrogen-bond donors (Lipinski definition) is 2. The molecule has 104 valence electrons. The van der Waals surface area contributed by atoms with E-state index in [-0.39, 0.29) is 5.91 Å². The smallest absolute Gasteiger partial charge is 0.226 e. The van der Waals surface area contributed by atoms with Crippen molar-refractivity contribution in [2.24, 2.45) is 0 Å². The van der Waals surface area contributed by atoms with Gasteiger partial charge in [-0.1, -0.05) is 33.6 Å². The molecule has 0 bridgehead atoms. The number of anilines is 2.